The molecule has 1 aromatic rings. The Labute approximate surface area is 101 Å². The van der Waals surface area contributed by atoms with Gasteiger partial charge in [0.15, 0.2) is 0 Å². The lowest BCUT2D eigenvalue weighted by Crippen LogP contribution is -2.31. The van der Waals surface area contributed by atoms with E-state index >= 15 is 0 Å². The van der Waals surface area contributed by atoms with Crippen LogP contribution in [0.15, 0.2) is 16.6 Å². The van der Waals surface area contributed by atoms with Gasteiger partial charge in [-0.25, -0.2) is 4.39 Å². The summed E-state index contributed by atoms with van der Waals surface area (Å²) in [4.78, 5) is 0. The maximum absolute atomic E-state index is 13.7. The summed E-state index contributed by atoms with van der Waals surface area (Å²) in [6.07, 6.45) is 0. The Morgan fingerprint density at radius 2 is 2.33 bits per heavy atom. The van der Waals surface area contributed by atoms with Gasteiger partial charge in [-0.05, 0) is 22.0 Å². The van der Waals surface area contributed by atoms with Crippen molar-refractivity contribution in [2.45, 2.75) is 6.04 Å². The van der Waals surface area contributed by atoms with Crippen molar-refractivity contribution in [2.75, 3.05) is 13.7 Å². The van der Waals surface area contributed by atoms with Crippen LogP contribution in [0.2, 0.25) is 5.02 Å². The molecule has 0 radical (unpaired) electrons. The van der Waals surface area contributed by atoms with Gasteiger partial charge < -0.3 is 4.74 Å². The summed E-state index contributed by atoms with van der Waals surface area (Å²) in [5, 5.41) is 0.0452. The van der Waals surface area contributed by atoms with E-state index in [4.69, 9.17) is 22.2 Å². The molecule has 0 aromatic heterocycles. The van der Waals surface area contributed by atoms with Crippen LogP contribution in [0.3, 0.4) is 0 Å². The minimum atomic E-state index is -0.494. The summed E-state index contributed by atoms with van der Waals surface area (Å²) in [7, 11) is 1.52. The van der Waals surface area contributed by atoms with Gasteiger partial charge in [-0.2, -0.15) is 0 Å². The highest BCUT2D eigenvalue weighted by molar-refractivity contribution is 9.10. The largest absolute Gasteiger partial charge is 0.383 e. The van der Waals surface area contributed by atoms with Gasteiger partial charge in [-0.3, -0.25) is 11.3 Å². The lowest BCUT2D eigenvalue weighted by Gasteiger charge is -2.16. The Bertz CT molecular complexity index is 351. The van der Waals surface area contributed by atoms with Crippen LogP contribution in [0.25, 0.3) is 0 Å². The summed E-state index contributed by atoms with van der Waals surface area (Å²) in [6, 6.07) is 2.86. The molecular weight excluding hydrogens is 286 g/mol. The molecule has 0 aliphatic carbocycles. The number of rotatable bonds is 4. The molecule has 3 N–H and O–H groups in total. The van der Waals surface area contributed by atoms with Gasteiger partial charge in [-0.15, -0.1) is 0 Å². The number of hydrogen-bond donors (Lipinski definition) is 2. The molecule has 0 saturated heterocycles. The highest BCUT2D eigenvalue weighted by atomic mass is 79.9. The number of halogens is 3. The van der Waals surface area contributed by atoms with Crippen molar-refractivity contribution in [1.29, 1.82) is 0 Å². The van der Waals surface area contributed by atoms with E-state index in [-0.39, 0.29) is 11.6 Å². The van der Waals surface area contributed by atoms with Gasteiger partial charge in [0.05, 0.1) is 17.7 Å². The molecule has 0 heterocycles. The van der Waals surface area contributed by atoms with E-state index in [2.05, 4.69) is 21.4 Å². The molecule has 0 fully saturated rings. The Morgan fingerprint density at radius 3 is 2.87 bits per heavy atom. The predicted octanol–water partition coefficient (Wildman–Crippen LogP) is 2.39. The van der Waals surface area contributed by atoms with E-state index in [1.54, 1.807) is 12.1 Å². The van der Waals surface area contributed by atoms with Crippen molar-refractivity contribution in [1.82, 2.24) is 5.43 Å². The fraction of sp³-hybridized carbons (Fsp3) is 0.333. The lowest BCUT2D eigenvalue weighted by atomic mass is 10.1. The molecule has 1 aromatic carbocycles. The summed E-state index contributed by atoms with van der Waals surface area (Å²) < 4.78 is 19.1. The number of hydrazine groups is 1. The average molecular weight is 298 g/mol. The maximum atomic E-state index is 13.7. The van der Waals surface area contributed by atoms with Crippen molar-refractivity contribution in [3.63, 3.8) is 0 Å². The third kappa shape index (κ3) is 2.89. The van der Waals surface area contributed by atoms with Gasteiger partial charge in [0.1, 0.15) is 5.82 Å². The van der Waals surface area contributed by atoms with E-state index in [1.165, 1.54) is 7.11 Å². The monoisotopic (exact) mass is 296 g/mol. The molecule has 1 unspecified atom stereocenters. The van der Waals surface area contributed by atoms with Crippen LogP contribution >= 0.6 is 27.5 Å². The second-order valence-corrected chi connectivity index (χ2v) is 4.17. The molecule has 3 nitrogen and oxygen atoms in total. The first kappa shape index (κ1) is 12.9. The molecule has 0 amide bonds. The summed E-state index contributed by atoms with van der Waals surface area (Å²) in [6.45, 7) is 0.269. The molecule has 1 rings (SSSR count). The van der Waals surface area contributed by atoms with Crippen molar-refractivity contribution < 1.29 is 9.13 Å². The Balaban J connectivity index is 3.07. The van der Waals surface area contributed by atoms with Crippen LogP contribution < -0.4 is 11.3 Å². The molecule has 6 heteroatoms. The first-order valence-corrected chi connectivity index (χ1v) is 5.37. The fourth-order valence-electron chi connectivity index (χ4n) is 1.20. The zero-order valence-electron chi connectivity index (χ0n) is 8.06. The lowest BCUT2D eigenvalue weighted by molar-refractivity contribution is 0.166. The van der Waals surface area contributed by atoms with Crippen molar-refractivity contribution in [2.24, 2.45) is 5.84 Å². The number of nitrogens with one attached hydrogen (secondary N) is 1. The van der Waals surface area contributed by atoms with Crippen molar-refractivity contribution in [3.05, 3.63) is 33.0 Å². The molecular formula is C9H11BrClFN2O. The number of methoxy groups -OCH3 is 1. The second kappa shape index (κ2) is 5.77. The molecule has 0 aliphatic rings. The van der Waals surface area contributed by atoms with Crippen LogP contribution in [-0.2, 0) is 4.74 Å². The highest BCUT2D eigenvalue weighted by Crippen LogP contribution is 2.30. The third-order valence-electron chi connectivity index (χ3n) is 1.97. The van der Waals surface area contributed by atoms with E-state index in [0.29, 0.717) is 10.0 Å². The van der Waals surface area contributed by atoms with Gasteiger partial charge in [0.25, 0.3) is 0 Å². The summed E-state index contributed by atoms with van der Waals surface area (Å²) >= 11 is 8.89. The first-order chi connectivity index (χ1) is 7.11. The Morgan fingerprint density at radius 1 is 1.67 bits per heavy atom. The van der Waals surface area contributed by atoms with Crippen LogP contribution in [-0.4, -0.2) is 13.7 Å². The SMILES string of the molecule is COCC(NN)c1ccc(Br)c(Cl)c1F. The molecule has 15 heavy (non-hydrogen) atoms. The molecule has 0 spiro atoms. The zero-order chi connectivity index (χ0) is 11.4. The second-order valence-electron chi connectivity index (χ2n) is 2.94. The number of nitrogens with two attached hydrogens (primary N) is 1. The van der Waals surface area contributed by atoms with Crippen LogP contribution in [0, 0.1) is 5.82 Å². The van der Waals surface area contributed by atoms with E-state index in [1.807, 2.05) is 0 Å². The Hall–Kier alpha value is -0.200. The van der Waals surface area contributed by atoms with Crippen molar-refractivity contribution in [3.8, 4) is 0 Å². The van der Waals surface area contributed by atoms with Gasteiger partial charge >= 0.3 is 0 Å². The molecule has 0 saturated carbocycles. The molecule has 84 valence electrons. The van der Waals surface area contributed by atoms with Crippen LogP contribution in [0.5, 0.6) is 0 Å². The normalized spacial score (nSPS) is 12.9. The quantitative estimate of drug-likeness (QED) is 0.510. The Kier molecular flexibility index (Phi) is 4.95. The topological polar surface area (TPSA) is 47.3 Å². The predicted molar refractivity (Wildman–Crippen MR) is 61.1 cm³/mol. The van der Waals surface area contributed by atoms with E-state index in [0.717, 1.165) is 0 Å². The smallest absolute Gasteiger partial charge is 0.147 e. The minimum Gasteiger partial charge on any atom is -0.383 e. The fourth-order valence-corrected chi connectivity index (χ4v) is 1.68. The van der Waals surface area contributed by atoms with E-state index in [9.17, 15) is 4.39 Å². The average Bonchev–Trinajstić information content (AvgIpc) is 2.24. The van der Waals surface area contributed by atoms with E-state index < -0.39 is 11.9 Å². The molecule has 0 bridgehead atoms. The maximum Gasteiger partial charge on any atom is 0.147 e. The third-order valence-corrected chi connectivity index (χ3v) is 3.23. The molecule has 1 atom stereocenters. The number of ether oxygens (including phenoxy) is 1. The number of hydrogen-bond acceptors (Lipinski definition) is 3. The summed E-state index contributed by atoms with van der Waals surface area (Å²) in [5.41, 5.74) is 2.85. The molecule has 0 aliphatic heterocycles. The minimum absolute atomic E-state index is 0.0452. The highest BCUT2D eigenvalue weighted by Gasteiger charge is 2.17. The zero-order valence-corrected chi connectivity index (χ0v) is 10.4. The first-order valence-electron chi connectivity index (χ1n) is 4.20. The van der Waals surface area contributed by atoms with Crippen molar-refractivity contribution >= 4 is 27.5 Å². The van der Waals surface area contributed by atoms with Gasteiger partial charge in [0.2, 0.25) is 0 Å². The standard InChI is InChI=1S/C9H11BrClFN2O/c1-15-4-7(14-13)5-2-3-6(10)8(11)9(5)12/h2-3,7,14H,4,13H2,1H3. The van der Waals surface area contributed by atoms with Crippen LogP contribution in [0.4, 0.5) is 4.39 Å². The van der Waals surface area contributed by atoms with Gasteiger partial charge in [0, 0.05) is 17.1 Å². The number of benzene rings is 1. The van der Waals surface area contributed by atoms with Crippen LogP contribution in [0.1, 0.15) is 11.6 Å². The van der Waals surface area contributed by atoms with Gasteiger partial charge in [-0.1, -0.05) is 17.7 Å². The summed E-state index contributed by atoms with van der Waals surface area (Å²) in [5.74, 6) is 4.80.